The van der Waals surface area contributed by atoms with Gasteiger partial charge in [0.1, 0.15) is 12.0 Å². The van der Waals surface area contributed by atoms with Crippen LogP contribution in [0.25, 0.3) is 0 Å². The summed E-state index contributed by atoms with van der Waals surface area (Å²) < 4.78 is 5.72. The first-order valence-electron chi connectivity index (χ1n) is 8.24. The molecule has 1 aliphatic rings. The molecule has 3 rings (SSSR count). The number of carbonyl (C=O) groups excluding carboxylic acids is 3. The number of carbonyl (C=O) groups is 3. The summed E-state index contributed by atoms with van der Waals surface area (Å²) in [4.78, 5) is 37.5. The molecular formula is C19H18N2O4S. The Morgan fingerprint density at radius 1 is 1.12 bits per heavy atom. The Bertz CT molecular complexity index is 790. The lowest BCUT2D eigenvalue weighted by atomic mass is 10.1. The summed E-state index contributed by atoms with van der Waals surface area (Å²) in [6, 6.07) is 11.3. The molecule has 0 aliphatic carbocycles. The minimum absolute atomic E-state index is 0.230. The highest BCUT2D eigenvalue weighted by Gasteiger charge is 2.31. The SMILES string of the molecule is O=CCc1ccc(CCOc2ccc(C[C@@H]3SC(=O)NC3=O)cc2)nc1. The number of pyridine rings is 1. The van der Waals surface area contributed by atoms with E-state index in [9.17, 15) is 14.4 Å². The molecule has 1 atom stereocenters. The van der Waals surface area contributed by atoms with Gasteiger partial charge in [-0.25, -0.2) is 0 Å². The van der Waals surface area contributed by atoms with Crippen LogP contribution in [0.5, 0.6) is 5.75 Å². The van der Waals surface area contributed by atoms with Gasteiger partial charge >= 0.3 is 0 Å². The van der Waals surface area contributed by atoms with Gasteiger partial charge < -0.3 is 9.53 Å². The Kier molecular flexibility index (Phi) is 6.01. The molecule has 2 heterocycles. The molecule has 1 saturated heterocycles. The molecule has 2 aromatic rings. The lowest BCUT2D eigenvalue weighted by Crippen LogP contribution is -2.25. The van der Waals surface area contributed by atoms with Crippen molar-refractivity contribution < 1.29 is 19.1 Å². The smallest absolute Gasteiger partial charge is 0.286 e. The van der Waals surface area contributed by atoms with Crippen LogP contribution in [0.2, 0.25) is 0 Å². The van der Waals surface area contributed by atoms with Gasteiger partial charge in [-0.1, -0.05) is 30.0 Å². The molecular weight excluding hydrogens is 352 g/mol. The first-order valence-corrected chi connectivity index (χ1v) is 9.12. The fourth-order valence-electron chi connectivity index (χ4n) is 2.56. The molecule has 1 aromatic heterocycles. The number of thioether (sulfide) groups is 1. The van der Waals surface area contributed by atoms with Crippen molar-refractivity contribution in [3.8, 4) is 5.75 Å². The van der Waals surface area contributed by atoms with Crippen LogP contribution < -0.4 is 10.1 Å². The predicted molar refractivity (Wildman–Crippen MR) is 98.3 cm³/mol. The minimum Gasteiger partial charge on any atom is -0.493 e. The number of aldehydes is 1. The molecule has 26 heavy (non-hydrogen) atoms. The van der Waals surface area contributed by atoms with Crippen molar-refractivity contribution in [1.82, 2.24) is 10.3 Å². The lowest BCUT2D eigenvalue weighted by molar-refractivity contribution is -0.119. The molecule has 0 unspecified atom stereocenters. The van der Waals surface area contributed by atoms with Crippen LogP contribution in [-0.2, 0) is 28.9 Å². The third kappa shape index (κ3) is 4.92. The number of benzene rings is 1. The van der Waals surface area contributed by atoms with E-state index in [1.54, 1.807) is 6.20 Å². The van der Waals surface area contributed by atoms with E-state index in [1.807, 2.05) is 36.4 Å². The number of nitrogens with zero attached hydrogens (tertiary/aromatic N) is 1. The van der Waals surface area contributed by atoms with Gasteiger partial charge in [-0.15, -0.1) is 0 Å². The van der Waals surface area contributed by atoms with E-state index in [1.165, 1.54) is 0 Å². The number of aromatic nitrogens is 1. The maximum atomic E-state index is 11.6. The van der Waals surface area contributed by atoms with Crippen LogP contribution in [0.1, 0.15) is 16.8 Å². The number of rotatable bonds is 8. The second-order valence-corrected chi connectivity index (χ2v) is 7.03. The molecule has 0 spiro atoms. The number of nitrogens with one attached hydrogen (secondary N) is 1. The minimum atomic E-state index is -0.359. The van der Waals surface area contributed by atoms with E-state index >= 15 is 0 Å². The zero-order valence-corrected chi connectivity index (χ0v) is 14.8. The Labute approximate surface area is 155 Å². The Morgan fingerprint density at radius 2 is 1.88 bits per heavy atom. The van der Waals surface area contributed by atoms with Gasteiger partial charge in [-0.2, -0.15) is 0 Å². The van der Waals surface area contributed by atoms with E-state index in [-0.39, 0.29) is 16.4 Å². The third-order valence-corrected chi connectivity index (χ3v) is 4.92. The van der Waals surface area contributed by atoms with Crippen molar-refractivity contribution in [3.05, 3.63) is 59.4 Å². The quantitative estimate of drug-likeness (QED) is 0.718. The molecule has 0 bridgehead atoms. The van der Waals surface area contributed by atoms with Crippen LogP contribution in [0.4, 0.5) is 4.79 Å². The first-order chi connectivity index (χ1) is 12.6. The Balaban J connectivity index is 1.46. The van der Waals surface area contributed by atoms with Crippen molar-refractivity contribution >= 4 is 29.2 Å². The summed E-state index contributed by atoms with van der Waals surface area (Å²) in [7, 11) is 0. The molecule has 1 fully saturated rings. The number of hydrogen-bond donors (Lipinski definition) is 1. The van der Waals surface area contributed by atoms with Crippen LogP contribution in [-0.4, -0.2) is 34.3 Å². The van der Waals surface area contributed by atoms with Crippen molar-refractivity contribution in [1.29, 1.82) is 0 Å². The number of amides is 2. The molecule has 1 aliphatic heterocycles. The Morgan fingerprint density at radius 3 is 2.50 bits per heavy atom. The van der Waals surface area contributed by atoms with Crippen molar-refractivity contribution in [2.75, 3.05) is 6.61 Å². The standard InChI is InChI=1S/C19H18N2O4S/c22-9-7-14-1-4-15(20-12-14)8-10-25-16-5-2-13(3-6-16)11-17-18(23)21-19(24)26-17/h1-6,9,12,17H,7-8,10-11H2,(H,21,23,24)/t17-/m0/s1. The molecule has 7 heteroatoms. The van der Waals surface area contributed by atoms with Crippen LogP contribution in [0, 0.1) is 0 Å². The topological polar surface area (TPSA) is 85.4 Å². The van der Waals surface area contributed by atoms with Crippen molar-refractivity contribution in [2.45, 2.75) is 24.5 Å². The molecule has 0 radical (unpaired) electrons. The fourth-order valence-corrected chi connectivity index (χ4v) is 3.42. The average Bonchev–Trinajstić information content (AvgIpc) is 2.95. The molecule has 0 saturated carbocycles. The summed E-state index contributed by atoms with van der Waals surface area (Å²) in [5.74, 6) is 0.512. The summed E-state index contributed by atoms with van der Waals surface area (Å²) in [6.45, 7) is 0.495. The van der Waals surface area contributed by atoms with E-state index in [0.717, 1.165) is 40.6 Å². The normalized spacial score (nSPS) is 16.4. The van der Waals surface area contributed by atoms with E-state index in [4.69, 9.17) is 4.74 Å². The second-order valence-electron chi connectivity index (χ2n) is 5.86. The van der Waals surface area contributed by atoms with Gasteiger partial charge in [0.25, 0.3) is 5.24 Å². The summed E-state index contributed by atoms with van der Waals surface area (Å²) in [6.07, 6.45) is 4.13. The summed E-state index contributed by atoms with van der Waals surface area (Å²) >= 11 is 1.03. The molecule has 134 valence electrons. The van der Waals surface area contributed by atoms with Gasteiger partial charge in [0, 0.05) is 24.7 Å². The van der Waals surface area contributed by atoms with Crippen LogP contribution >= 0.6 is 11.8 Å². The van der Waals surface area contributed by atoms with Gasteiger partial charge in [0.15, 0.2) is 0 Å². The zero-order valence-electron chi connectivity index (χ0n) is 14.0. The van der Waals surface area contributed by atoms with Crippen molar-refractivity contribution in [2.24, 2.45) is 0 Å². The monoisotopic (exact) mass is 370 g/mol. The summed E-state index contributed by atoms with van der Waals surface area (Å²) in [5.41, 5.74) is 2.79. The second kappa shape index (κ2) is 8.62. The number of ether oxygens (including phenoxy) is 1. The number of imide groups is 1. The van der Waals surface area contributed by atoms with Gasteiger partial charge in [-0.05, 0) is 35.7 Å². The predicted octanol–water partition coefficient (Wildman–Crippen LogP) is 2.34. The van der Waals surface area contributed by atoms with E-state index < -0.39 is 0 Å². The third-order valence-electron chi connectivity index (χ3n) is 3.94. The van der Waals surface area contributed by atoms with E-state index in [0.29, 0.717) is 25.9 Å². The Hall–Kier alpha value is -2.67. The largest absolute Gasteiger partial charge is 0.493 e. The van der Waals surface area contributed by atoms with Crippen molar-refractivity contribution in [3.63, 3.8) is 0 Å². The highest BCUT2D eigenvalue weighted by Crippen LogP contribution is 2.23. The maximum Gasteiger partial charge on any atom is 0.286 e. The molecule has 1 aromatic carbocycles. The van der Waals surface area contributed by atoms with Crippen LogP contribution in [0.15, 0.2) is 42.6 Å². The molecule has 1 N–H and O–H groups in total. The van der Waals surface area contributed by atoms with Gasteiger partial charge in [-0.3, -0.25) is 19.9 Å². The average molecular weight is 370 g/mol. The highest BCUT2D eigenvalue weighted by atomic mass is 32.2. The first kappa shape index (κ1) is 18.1. The van der Waals surface area contributed by atoms with E-state index in [2.05, 4.69) is 10.3 Å². The number of hydrogen-bond acceptors (Lipinski definition) is 6. The highest BCUT2D eigenvalue weighted by molar-refractivity contribution is 8.15. The fraction of sp³-hybridized carbons (Fsp3) is 0.263. The lowest BCUT2D eigenvalue weighted by Gasteiger charge is -2.09. The molecule has 2 amide bonds. The molecule has 6 nitrogen and oxygen atoms in total. The zero-order chi connectivity index (χ0) is 18.4. The van der Waals surface area contributed by atoms with Gasteiger partial charge in [0.05, 0.1) is 11.9 Å². The van der Waals surface area contributed by atoms with Crippen LogP contribution in [0.3, 0.4) is 0 Å². The maximum absolute atomic E-state index is 11.6. The van der Waals surface area contributed by atoms with Gasteiger partial charge in [0.2, 0.25) is 5.91 Å². The summed E-state index contributed by atoms with van der Waals surface area (Å²) in [5, 5.41) is 1.65.